The molecule has 2 heterocycles. The zero-order chi connectivity index (χ0) is 17.1. The number of hydrazone groups is 1. The molecule has 2 aliphatic heterocycles. The van der Waals surface area contributed by atoms with Crippen LogP contribution in [0, 0.1) is 13.8 Å². The minimum Gasteiger partial charge on any atom is -0.338 e. The van der Waals surface area contributed by atoms with Crippen LogP contribution >= 0.6 is 0 Å². The van der Waals surface area contributed by atoms with Gasteiger partial charge in [-0.3, -0.25) is 9.59 Å². The summed E-state index contributed by atoms with van der Waals surface area (Å²) < 4.78 is 0. The van der Waals surface area contributed by atoms with Crippen LogP contribution in [-0.2, 0) is 9.59 Å². The standard InChI is InChI=1S/C19H25N3O2/c1-14-7-8-15(2)17(13-14)22-18(23)10-9-16(20-22)19(24)21-11-5-3-4-6-12-21/h7-8,13H,3-6,9-12H2,1-2H3. The fourth-order valence-electron chi connectivity index (χ4n) is 3.30. The molecule has 0 aromatic heterocycles. The Labute approximate surface area is 143 Å². The number of benzene rings is 1. The Morgan fingerprint density at radius 3 is 2.46 bits per heavy atom. The van der Waals surface area contributed by atoms with E-state index in [9.17, 15) is 9.59 Å². The molecule has 0 N–H and O–H groups in total. The van der Waals surface area contributed by atoms with Gasteiger partial charge in [0, 0.05) is 25.9 Å². The number of aryl methyl sites for hydroxylation is 2. The molecule has 2 aliphatic rings. The Balaban J connectivity index is 1.87. The molecule has 5 heteroatoms. The van der Waals surface area contributed by atoms with Gasteiger partial charge in [0.25, 0.3) is 5.91 Å². The highest BCUT2D eigenvalue weighted by atomic mass is 16.2. The molecule has 1 saturated heterocycles. The largest absolute Gasteiger partial charge is 0.338 e. The molecule has 2 amide bonds. The number of anilines is 1. The van der Waals surface area contributed by atoms with E-state index in [1.165, 1.54) is 17.9 Å². The van der Waals surface area contributed by atoms with Gasteiger partial charge in [-0.15, -0.1) is 0 Å². The normalized spacial score (nSPS) is 19.1. The summed E-state index contributed by atoms with van der Waals surface area (Å²) in [4.78, 5) is 27.1. The number of hydrogen-bond donors (Lipinski definition) is 0. The van der Waals surface area contributed by atoms with Gasteiger partial charge in [-0.1, -0.05) is 25.0 Å². The first-order valence-corrected chi connectivity index (χ1v) is 8.83. The molecule has 0 spiro atoms. The van der Waals surface area contributed by atoms with E-state index in [1.54, 1.807) is 0 Å². The molecule has 1 aromatic rings. The Morgan fingerprint density at radius 1 is 1.04 bits per heavy atom. The van der Waals surface area contributed by atoms with Crippen LogP contribution in [0.25, 0.3) is 0 Å². The minimum atomic E-state index is -0.0453. The van der Waals surface area contributed by atoms with Crippen LogP contribution in [0.15, 0.2) is 23.3 Å². The first-order valence-electron chi connectivity index (χ1n) is 8.83. The maximum atomic E-state index is 12.8. The van der Waals surface area contributed by atoms with E-state index in [2.05, 4.69) is 5.10 Å². The van der Waals surface area contributed by atoms with Crippen LogP contribution in [0.5, 0.6) is 0 Å². The molecule has 128 valence electrons. The molecular weight excluding hydrogens is 302 g/mol. The number of carbonyl (C=O) groups is 2. The molecule has 0 saturated carbocycles. The second kappa shape index (κ2) is 7.16. The van der Waals surface area contributed by atoms with Crippen molar-refractivity contribution >= 4 is 23.2 Å². The average molecular weight is 327 g/mol. The van der Waals surface area contributed by atoms with E-state index in [-0.39, 0.29) is 11.8 Å². The highest BCUT2D eigenvalue weighted by Crippen LogP contribution is 2.26. The molecule has 0 aliphatic carbocycles. The summed E-state index contributed by atoms with van der Waals surface area (Å²) in [6.07, 6.45) is 5.26. The van der Waals surface area contributed by atoms with Crippen LogP contribution in [0.4, 0.5) is 5.69 Å². The van der Waals surface area contributed by atoms with Crippen molar-refractivity contribution < 1.29 is 9.59 Å². The fourth-order valence-corrected chi connectivity index (χ4v) is 3.30. The summed E-state index contributed by atoms with van der Waals surface area (Å²) in [6, 6.07) is 5.95. The van der Waals surface area contributed by atoms with E-state index < -0.39 is 0 Å². The van der Waals surface area contributed by atoms with Gasteiger partial charge in [0.05, 0.1) is 5.69 Å². The third-order valence-corrected chi connectivity index (χ3v) is 4.77. The van der Waals surface area contributed by atoms with Crippen molar-refractivity contribution in [2.45, 2.75) is 52.4 Å². The van der Waals surface area contributed by atoms with Gasteiger partial charge in [0.1, 0.15) is 5.71 Å². The second-order valence-electron chi connectivity index (χ2n) is 6.75. The third-order valence-electron chi connectivity index (χ3n) is 4.77. The number of rotatable bonds is 2. The highest BCUT2D eigenvalue weighted by Gasteiger charge is 2.29. The van der Waals surface area contributed by atoms with Crippen molar-refractivity contribution in [1.82, 2.24) is 4.90 Å². The summed E-state index contributed by atoms with van der Waals surface area (Å²) in [7, 11) is 0. The highest BCUT2D eigenvalue weighted by molar-refractivity contribution is 6.40. The second-order valence-corrected chi connectivity index (χ2v) is 6.75. The van der Waals surface area contributed by atoms with Crippen molar-refractivity contribution in [3.8, 4) is 0 Å². The van der Waals surface area contributed by atoms with Crippen molar-refractivity contribution in [2.75, 3.05) is 18.1 Å². The van der Waals surface area contributed by atoms with Gasteiger partial charge in [-0.05, 0) is 43.9 Å². The van der Waals surface area contributed by atoms with Crippen LogP contribution in [0.2, 0.25) is 0 Å². The van der Waals surface area contributed by atoms with Crippen molar-refractivity contribution in [3.63, 3.8) is 0 Å². The fraction of sp³-hybridized carbons (Fsp3) is 0.526. The molecule has 1 aromatic carbocycles. The summed E-state index contributed by atoms with van der Waals surface area (Å²) in [6.45, 7) is 5.55. The van der Waals surface area contributed by atoms with E-state index in [0.717, 1.165) is 42.7 Å². The Hall–Kier alpha value is -2.17. The molecule has 3 rings (SSSR count). The van der Waals surface area contributed by atoms with Gasteiger partial charge in [0.15, 0.2) is 0 Å². The summed E-state index contributed by atoms with van der Waals surface area (Å²) >= 11 is 0. The molecule has 0 atom stereocenters. The molecular formula is C19H25N3O2. The Morgan fingerprint density at radius 2 is 1.75 bits per heavy atom. The molecule has 5 nitrogen and oxygen atoms in total. The predicted octanol–water partition coefficient (Wildman–Crippen LogP) is 3.19. The van der Waals surface area contributed by atoms with Gasteiger partial charge in [0.2, 0.25) is 5.91 Å². The molecule has 0 unspecified atom stereocenters. The molecule has 1 fully saturated rings. The Bertz CT molecular complexity index is 673. The van der Waals surface area contributed by atoms with Gasteiger partial charge < -0.3 is 4.90 Å². The number of amides is 2. The number of nitrogens with zero attached hydrogens (tertiary/aromatic N) is 3. The van der Waals surface area contributed by atoms with Gasteiger partial charge in [-0.2, -0.15) is 5.10 Å². The minimum absolute atomic E-state index is 0.000272. The topological polar surface area (TPSA) is 53.0 Å². The van der Waals surface area contributed by atoms with Gasteiger partial charge in [-0.25, -0.2) is 5.01 Å². The summed E-state index contributed by atoms with van der Waals surface area (Å²) in [5, 5.41) is 5.88. The van der Waals surface area contributed by atoms with Gasteiger partial charge >= 0.3 is 0 Å². The molecule has 0 bridgehead atoms. The predicted molar refractivity (Wildman–Crippen MR) is 95.1 cm³/mol. The Kier molecular flexibility index (Phi) is 4.97. The van der Waals surface area contributed by atoms with E-state index in [1.807, 2.05) is 36.9 Å². The average Bonchev–Trinajstić information content (AvgIpc) is 2.86. The number of hydrogen-bond acceptors (Lipinski definition) is 3. The molecule has 24 heavy (non-hydrogen) atoms. The maximum Gasteiger partial charge on any atom is 0.270 e. The lowest BCUT2D eigenvalue weighted by atomic mass is 10.1. The lowest BCUT2D eigenvalue weighted by Gasteiger charge is -2.27. The molecule has 0 radical (unpaired) electrons. The van der Waals surface area contributed by atoms with E-state index in [4.69, 9.17) is 0 Å². The van der Waals surface area contributed by atoms with Crippen molar-refractivity contribution in [3.05, 3.63) is 29.3 Å². The zero-order valence-corrected chi connectivity index (χ0v) is 14.5. The van der Waals surface area contributed by atoms with Crippen LogP contribution in [-0.4, -0.2) is 35.5 Å². The maximum absolute atomic E-state index is 12.8. The van der Waals surface area contributed by atoms with Crippen molar-refractivity contribution in [1.29, 1.82) is 0 Å². The summed E-state index contributed by atoms with van der Waals surface area (Å²) in [5.74, 6) is -0.0455. The first kappa shape index (κ1) is 16.7. The SMILES string of the molecule is Cc1ccc(C)c(N2N=C(C(=O)N3CCCCCC3)CCC2=O)c1. The number of likely N-dealkylation sites (tertiary alicyclic amines) is 1. The summed E-state index contributed by atoms with van der Waals surface area (Å²) in [5.41, 5.74) is 3.35. The third kappa shape index (κ3) is 3.50. The van der Waals surface area contributed by atoms with Crippen LogP contribution < -0.4 is 5.01 Å². The van der Waals surface area contributed by atoms with E-state index >= 15 is 0 Å². The first-order chi connectivity index (χ1) is 11.6. The van der Waals surface area contributed by atoms with Crippen molar-refractivity contribution in [2.24, 2.45) is 5.10 Å². The lowest BCUT2D eigenvalue weighted by molar-refractivity contribution is -0.124. The smallest absolute Gasteiger partial charge is 0.270 e. The lowest BCUT2D eigenvalue weighted by Crippen LogP contribution is -2.42. The van der Waals surface area contributed by atoms with Crippen LogP contribution in [0.3, 0.4) is 0 Å². The van der Waals surface area contributed by atoms with E-state index in [0.29, 0.717) is 18.6 Å². The number of carbonyl (C=O) groups excluding carboxylic acids is 2. The monoisotopic (exact) mass is 327 g/mol. The zero-order valence-electron chi connectivity index (χ0n) is 14.5. The van der Waals surface area contributed by atoms with Crippen LogP contribution in [0.1, 0.15) is 49.7 Å². The quantitative estimate of drug-likeness (QED) is 0.837.